The van der Waals surface area contributed by atoms with Gasteiger partial charge in [0.2, 0.25) is 5.88 Å². The molecule has 2 heterocycles. The lowest BCUT2D eigenvalue weighted by atomic mass is 10.3. The fourth-order valence-corrected chi connectivity index (χ4v) is 1.98. The molecule has 0 unspecified atom stereocenters. The molecule has 0 atom stereocenters. The van der Waals surface area contributed by atoms with Crippen LogP contribution < -0.4 is 10.1 Å². The summed E-state index contributed by atoms with van der Waals surface area (Å²) < 4.78 is 8.36. The van der Waals surface area contributed by atoms with Crippen molar-refractivity contribution in [2.24, 2.45) is 0 Å². The van der Waals surface area contributed by atoms with Crippen molar-refractivity contribution in [3.63, 3.8) is 0 Å². The first kappa shape index (κ1) is 9.02. The standard InChI is InChI=1S/C8H12BrN3O/c1-10-5-6-7(9)11-12-3-2-4-13-8(6)12/h10H,2-5H2,1H3. The number of rotatable bonds is 2. The van der Waals surface area contributed by atoms with Gasteiger partial charge in [-0.15, -0.1) is 0 Å². The van der Waals surface area contributed by atoms with Crippen LogP contribution in [0.5, 0.6) is 5.88 Å². The smallest absolute Gasteiger partial charge is 0.217 e. The van der Waals surface area contributed by atoms with Crippen LogP contribution in [0.25, 0.3) is 0 Å². The van der Waals surface area contributed by atoms with E-state index in [2.05, 4.69) is 26.3 Å². The van der Waals surface area contributed by atoms with E-state index in [1.54, 1.807) is 0 Å². The van der Waals surface area contributed by atoms with Crippen LogP contribution in [0.4, 0.5) is 0 Å². The Balaban J connectivity index is 2.36. The number of nitrogens with zero attached hydrogens (tertiary/aromatic N) is 2. The summed E-state index contributed by atoms with van der Waals surface area (Å²) in [5.74, 6) is 0.910. The summed E-state index contributed by atoms with van der Waals surface area (Å²) in [5.41, 5.74) is 1.11. The van der Waals surface area contributed by atoms with E-state index in [9.17, 15) is 0 Å². The molecular weight excluding hydrogens is 234 g/mol. The van der Waals surface area contributed by atoms with E-state index < -0.39 is 0 Å². The van der Waals surface area contributed by atoms with Crippen molar-refractivity contribution < 1.29 is 4.74 Å². The number of hydrogen-bond donors (Lipinski definition) is 1. The van der Waals surface area contributed by atoms with E-state index in [0.717, 1.165) is 42.2 Å². The Morgan fingerprint density at radius 1 is 1.69 bits per heavy atom. The largest absolute Gasteiger partial charge is 0.477 e. The number of ether oxygens (including phenoxy) is 1. The highest BCUT2D eigenvalue weighted by Crippen LogP contribution is 2.28. The quantitative estimate of drug-likeness (QED) is 0.850. The van der Waals surface area contributed by atoms with Crippen LogP contribution >= 0.6 is 15.9 Å². The molecule has 5 heteroatoms. The van der Waals surface area contributed by atoms with Crippen molar-refractivity contribution in [3.8, 4) is 5.88 Å². The van der Waals surface area contributed by atoms with Gasteiger partial charge in [-0.1, -0.05) is 0 Å². The van der Waals surface area contributed by atoms with Crippen LogP contribution in [-0.4, -0.2) is 23.4 Å². The summed E-state index contributed by atoms with van der Waals surface area (Å²) in [4.78, 5) is 0. The first-order valence-electron chi connectivity index (χ1n) is 4.35. The van der Waals surface area contributed by atoms with Gasteiger partial charge in [0.1, 0.15) is 4.60 Å². The number of hydrogen-bond acceptors (Lipinski definition) is 3. The molecule has 1 aromatic rings. The molecule has 1 aliphatic rings. The normalized spacial score (nSPS) is 15.2. The van der Waals surface area contributed by atoms with Gasteiger partial charge >= 0.3 is 0 Å². The first-order valence-corrected chi connectivity index (χ1v) is 5.15. The molecule has 4 nitrogen and oxygen atoms in total. The maximum Gasteiger partial charge on any atom is 0.217 e. The molecule has 13 heavy (non-hydrogen) atoms. The maximum atomic E-state index is 5.56. The lowest BCUT2D eigenvalue weighted by Gasteiger charge is -2.15. The third-order valence-electron chi connectivity index (χ3n) is 2.06. The Bertz CT molecular complexity index is 311. The number of fused-ring (bicyclic) bond motifs is 1. The predicted molar refractivity (Wildman–Crippen MR) is 52.8 cm³/mol. The van der Waals surface area contributed by atoms with Gasteiger partial charge in [-0.3, -0.25) is 0 Å². The van der Waals surface area contributed by atoms with Crippen molar-refractivity contribution in [1.29, 1.82) is 0 Å². The molecule has 0 amide bonds. The van der Waals surface area contributed by atoms with E-state index in [0.29, 0.717) is 0 Å². The van der Waals surface area contributed by atoms with E-state index in [1.807, 2.05) is 11.7 Å². The predicted octanol–water partition coefficient (Wildman–Crippen LogP) is 1.15. The Labute approximate surface area is 85.4 Å². The summed E-state index contributed by atoms with van der Waals surface area (Å²) in [6.45, 7) is 2.54. The summed E-state index contributed by atoms with van der Waals surface area (Å²) >= 11 is 3.43. The second-order valence-electron chi connectivity index (χ2n) is 3.03. The highest BCUT2D eigenvalue weighted by molar-refractivity contribution is 9.10. The lowest BCUT2D eigenvalue weighted by molar-refractivity contribution is 0.228. The molecule has 0 saturated heterocycles. The number of halogens is 1. The molecule has 0 fully saturated rings. The van der Waals surface area contributed by atoms with Gasteiger partial charge in [0.15, 0.2) is 0 Å². The molecule has 1 aliphatic heterocycles. The Kier molecular flexibility index (Phi) is 2.55. The van der Waals surface area contributed by atoms with Gasteiger partial charge in [-0.2, -0.15) is 5.10 Å². The third-order valence-corrected chi connectivity index (χ3v) is 2.69. The third kappa shape index (κ3) is 1.58. The average Bonchev–Trinajstić information content (AvgIpc) is 2.44. The van der Waals surface area contributed by atoms with Gasteiger partial charge in [0.05, 0.1) is 12.2 Å². The summed E-state index contributed by atoms with van der Waals surface area (Å²) in [6, 6.07) is 0. The summed E-state index contributed by atoms with van der Waals surface area (Å²) in [5, 5.41) is 7.44. The van der Waals surface area contributed by atoms with Gasteiger partial charge in [-0.25, -0.2) is 4.68 Å². The molecule has 72 valence electrons. The van der Waals surface area contributed by atoms with E-state index in [4.69, 9.17) is 4.74 Å². The Hall–Kier alpha value is -0.550. The van der Waals surface area contributed by atoms with Crippen LogP contribution in [0.15, 0.2) is 4.60 Å². The molecule has 1 aromatic heterocycles. The zero-order valence-corrected chi connectivity index (χ0v) is 9.10. The lowest BCUT2D eigenvalue weighted by Crippen LogP contribution is -2.16. The van der Waals surface area contributed by atoms with Crippen LogP contribution in [0.3, 0.4) is 0 Å². The van der Waals surface area contributed by atoms with E-state index in [-0.39, 0.29) is 0 Å². The fourth-order valence-electron chi connectivity index (χ4n) is 1.48. The minimum atomic E-state index is 0.788. The topological polar surface area (TPSA) is 39.1 Å². The zero-order valence-electron chi connectivity index (χ0n) is 7.51. The van der Waals surface area contributed by atoms with Crippen LogP contribution in [-0.2, 0) is 13.1 Å². The van der Waals surface area contributed by atoms with Gasteiger partial charge in [-0.05, 0) is 23.0 Å². The molecule has 0 aliphatic carbocycles. The van der Waals surface area contributed by atoms with Crippen molar-refractivity contribution in [1.82, 2.24) is 15.1 Å². The molecule has 0 radical (unpaired) electrons. The number of aryl methyl sites for hydroxylation is 1. The average molecular weight is 246 g/mol. The molecule has 1 N–H and O–H groups in total. The minimum Gasteiger partial charge on any atom is -0.477 e. The molecule has 0 bridgehead atoms. The summed E-state index contributed by atoms with van der Waals surface area (Å²) in [6.07, 6.45) is 1.04. The van der Waals surface area contributed by atoms with Crippen molar-refractivity contribution in [2.75, 3.05) is 13.7 Å². The van der Waals surface area contributed by atoms with E-state index >= 15 is 0 Å². The van der Waals surface area contributed by atoms with Crippen LogP contribution in [0.2, 0.25) is 0 Å². The van der Waals surface area contributed by atoms with Gasteiger partial charge < -0.3 is 10.1 Å². The second-order valence-corrected chi connectivity index (χ2v) is 3.78. The number of nitrogens with one attached hydrogen (secondary N) is 1. The SMILES string of the molecule is CNCc1c(Br)nn2c1OCCC2. The Morgan fingerprint density at radius 2 is 2.54 bits per heavy atom. The molecule has 2 rings (SSSR count). The molecule has 0 aromatic carbocycles. The van der Waals surface area contributed by atoms with Gasteiger partial charge in [0.25, 0.3) is 0 Å². The fraction of sp³-hybridized carbons (Fsp3) is 0.625. The van der Waals surface area contributed by atoms with Crippen molar-refractivity contribution in [3.05, 3.63) is 10.2 Å². The summed E-state index contributed by atoms with van der Waals surface area (Å²) in [7, 11) is 1.92. The first-order chi connectivity index (χ1) is 6.33. The monoisotopic (exact) mass is 245 g/mol. The molecule has 0 saturated carbocycles. The highest BCUT2D eigenvalue weighted by Gasteiger charge is 2.19. The van der Waals surface area contributed by atoms with Crippen LogP contribution in [0.1, 0.15) is 12.0 Å². The number of aromatic nitrogens is 2. The maximum absolute atomic E-state index is 5.56. The molecule has 0 spiro atoms. The zero-order chi connectivity index (χ0) is 9.26. The highest BCUT2D eigenvalue weighted by atomic mass is 79.9. The van der Waals surface area contributed by atoms with Crippen molar-refractivity contribution in [2.45, 2.75) is 19.5 Å². The van der Waals surface area contributed by atoms with E-state index in [1.165, 1.54) is 0 Å². The second kappa shape index (κ2) is 3.67. The van der Waals surface area contributed by atoms with Crippen molar-refractivity contribution >= 4 is 15.9 Å². The minimum absolute atomic E-state index is 0.788. The Morgan fingerprint density at radius 3 is 3.31 bits per heavy atom. The molecular formula is C8H12BrN3O. The van der Waals surface area contributed by atoms with Gasteiger partial charge in [0, 0.05) is 19.5 Å². The van der Waals surface area contributed by atoms with Crippen LogP contribution in [0, 0.1) is 0 Å².